The number of rotatable bonds is 6. The molecule has 0 aliphatic heterocycles. The maximum Gasteiger partial charge on any atom is 0.257 e. The number of aromatic nitrogens is 2. The van der Waals surface area contributed by atoms with Crippen LogP contribution >= 0.6 is 11.5 Å². The molecule has 3 rings (SSSR count). The van der Waals surface area contributed by atoms with Crippen LogP contribution < -0.4 is 10.1 Å². The lowest BCUT2D eigenvalue weighted by Crippen LogP contribution is -2.11. The smallest absolute Gasteiger partial charge is 0.257 e. The van der Waals surface area contributed by atoms with Crippen LogP contribution in [0.3, 0.4) is 0 Å². The van der Waals surface area contributed by atoms with E-state index in [2.05, 4.69) is 14.7 Å². The number of ether oxygens (including phenoxy) is 1. The third-order valence-electron chi connectivity index (χ3n) is 3.47. The minimum absolute atomic E-state index is 0.0233. The Bertz CT molecular complexity index is 918. The van der Waals surface area contributed by atoms with E-state index in [4.69, 9.17) is 4.74 Å². The fourth-order valence-corrected chi connectivity index (χ4v) is 2.77. The average molecular weight is 367 g/mol. The van der Waals surface area contributed by atoms with E-state index >= 15 is 0 Å². The number of nitrogens with one attached hydrogen (secondary N) is 1. The molecule has 6 nitrogen and oxygen atoms in total. The summed E-state index contributed by atoms with van der Waals surface area (Å²) < 4.78 is 9.79. The van der Waals surface area contributed by atoms with Crippen molar-refractivity contribution in [3.05, 3.63) is 65.5 Å². The molecule has 7 heteroatoms. The number of benzene rings is 2. The van der Waals surface area contributed by atoms with Crippen molar-refractivity contribution in [3.63, 3.8) is 0 Å². The van der Waals surface area contributed by atoms with Crippen LogP contribution in [0, 0.1) is 6.92 Å². The van der Waals surface area contributed by atoms with E-state index in [1.807, 2.05) is 31.2 Å². The van der Waals surface area contributed by atoms with Crippen LogP contribution in [0.4, 0.5) is 5.13 Å². The van der Waals surface area contributed by atoms with Crippen LogP contribution in [0.1, 0.15) is 28.7 Å². The predicted molar refractivity (Wildman–Crippen MR) is 99.9 cm³/mol. The molecule has 0 unspecified atom stereocenters. The molecule has 0 bridgehead atoms. The number of anilines is 1. The number of aryl methyl sites for hydroxylation is 1. The van der Waals surface area contributed by atoms with Gasteiger partial charge in [-0.05, 0) is 50.2 Å². The number of Topliss-reactive ketones (excluding diaryl/α,β-unsaturated/α-hetero) is 1. The molecule has 0 fully saturated rings. The van der Waals surface area contributed by atoms with Gasteiger partial charge in [0.2, 0.25) is 5.13 Å². The summed E-state index contributed by atoms with van der Waals surface area (Å²) in [4.78, 5) is 27.5. The van der Waals surface area contributed by atoms with Gasteiger partial charge in [-0.3, -0.25) is 14.9 Å². The summed E-state index contributed by atoms with van der Waals surface area (Å²) in [5, 5.41) is 3.05. The van der Waals surface area contributed by atoms with E-state index in [0.717, 1.165) is 22.8 Å². The van der Waals surface area contributed by atoms with Gasteiger partial charge in [-0.25, -0.2) is 4.98 Å². The molecule has 2 aromatic carbocycles. The fourth-order valence-electron chi connectivity index (χ4n) is 2.19. The Labute approximate surface area is 155 Å². The van der Waals surface area contributed by atoms with Gasteiger partial charge in [-0.15, -0.1) is 0 Å². The highest BCUT2D eigenvalue weighted by atomic mass is 32.1. The van der Waals surface area contributed by atoms with Gasteiger partial charge in [0.1, 0.15) is 17.3 Å². The fraction of sp³-hybridized carbons (Fsp3) is 0.158. The Balaban J connectivity index is 1.62. The first-order valence-electron chi connectivity index (χ1n) is 7.97. The van der Waals surface area contributed by atoms with E-state index in [-0.39, 0.29) is 18.1 Å². The maximum absolute atomic E-state index is 12.3. The lowest BCUT2D eigenvalue weighted by Gasteiger charge is -2.07. The quantitative estimate of drug-likeness (QED) is 0.711. The Hall–Kier alpha value is -3.06. The summed E-state index contributed by atoms with van der Waals surface area (Å²) in [5.41, 5.74) is 1.64. The second-order valence-corrected chi connectivity index (χ2v) is 6.54. The Kier molecular flexibility index (Phi) is 5.38. The van der Waals surface area contributed by atoms with Crippen LogP contribution in [0.25, 0.3) is 0 Å². The van der Waals surface area contributed by atoms with Crippen LogP contribution in [0.15, 0.2) is 48.5 Å². The molecular formula is C19H17N3O3S. The van der Waals surface area contributed by atoms with Crippen LogP contribution in [-0.4, -0.2) is 21.0 Å². The number of hydrogen-bond donors (Lipinski definition) is 1. The second kappa shape index (κ2) is 7.88. The molecule has 1 amide bonds. The van der Waals surface area contributed by atoms with Crippen LogP contribution in [0.2, 0.25) is 0 Å². The molecule has 1 aromatic heterocycles. The van der Waals surface area contributed by atoms with E-state index in [1.165, 1.54) is 6.92 Å². The van der Waals surface area contributed by atoms with Gasteiger partial charge >= 0.3 is 0 Å². The van der Waals surface area contributed by atoms with Gasteiger partial charge in [0.05, 0.1) is 6.42 Å². The van der Waals surface area contributed by atoms with Gasteiger partial charge < -0.3 is 4.74 Å². The third-order valence-corrected chi connectivity index (χ3v) is 4.14. The normalized spacial score (nSPS) is 10.4. The predicted octanol–water partition coefficient (Wildman–Crippen LogP) is 4.02. The minimum atomic E-state index is -0.294. The Morgan fingerprint density at radius 2 is 1.65 bits per heavy atom. The molecule has 1 heterocycles. The molecular weight excluding hydrogens is 350 g/mol. The number of carbonyl (C=O) groups is 2. The summed E-state index contributed by atoms with van der Waals surface area (Å²) in [6, 6.07) is 14.5. The van der Waals surface area contributed by atoms with Crippen molar-refractivity contribution in [2.24, 2.45) is 0 Å². The summed E-state index contributed by atoms with van der Waals surface area (Å²) in [6.07, 6.45) is 0.164. The highest BCUT2D eigenvalue weighted by molar-refractivity contribution is 7.09. The topological polar surface area (TPSA) is 81.2 Å². The minimum Gasteiger partial charge on any atom is -0.457 e. The highest BCUT2D eigenvalue weighted by Crippen LogP contribution is 2.22. The lowest BCUT2D eigenvalue weighted by atomic mass is 10.2. The molecule has 3 aromatic rings. The largest absolute Gasteiger partial charge is 0.457 e. The van der Waals surface area contributed by atoms with Crippen LogP contribution in [0.5, 0.6) is 11.5 Å². The molecule has 0 atom stereocenters. The third kappa shape index (κ3) is 4.73. The Morgan fingerprint density at radius 3 is 2.27 bits per heavy atom. The van der Waals surface area contributed by atoms with Crippen molar-refractivity contribution < 1.29 is 14.3 Å². The highest BCUT2D eigenvalue weighted by Gasteiger charge is 2.11. The number of nitrogens with zero attached hydrogens (tertiary/aromatic N) is 2. The molecule has 26 heavy (non-hydrogen) atoms. The number of hydrogen-bond acceptors (Lipinski definition) is 6. The monoisotopic (exact) mass is 367 g/mol. The van der Waals surface area contributed by atoms with Gasteiger partial charge in [-0.1, -0.05) is 17.7 Å². The first kappa shape index (κ1) is 17.8. The van der Waals surface area contributed by atoms with Gasteiger partial charge in [0.15, 0.2) is 5.82 Å². The van der Waals surface area contributed by atoms with Crippen molar-refractivity contribution in [2.45, 2.75) is 20.3 Å². The average Bonchev–Trinajstić information content (AvgIpc) is 3.03. The molecule has 1 N–H and O–H groups in total. The summed E-state index contributed by atoms with van der Waals surface area (Å²) in [5.74, 6) is 1.48. The molecule has 0 aliphatic carbocycles. The van der Waals surface area contributed by atoms with Crippen molar-refractivity contribution in [3.8, 4) is 11.5 Å². The van der Waals surface area contributed by atoms with Crippen molar-refractivity contribution in [2.75, 3.05) is 5.32 Å². The zero-order valence-electron chi connectivity index (χ0n) is 14.4. The SMILES string of the molecule is CC(=O)Cc1nsc(NC(=O)c2ccc(Oc3ccc(C)cc3)cc2)n1. The lowest BCUT2D eigenvalue weighted by molar-refractivity contribution is -0.116. The molecule has 0 aliphatic rings. The van der Waals surface area contributed by atoms with Gasteiger partial charge in [-0.2, -0.15) is 4.37 Å². The first-order valence-corrected chi connectivity index (χ1v) is 8.75. The Morgan fingerprint density at radius 1 is 1.04 bits per heavy atom. The molecule has 0 spiro atoms. The van der Waals surface area contributed by atoms with Gasteiger partial charge in [0, 0.05) is 17.1 Å². The molecule has 0 saturated carbocycles. The molecule has 0 saturated heterocycles. The van der Waals surface area contributed by atoms with Crippen molar-refractivity contribution >= 4 is 28.4 Å². The maximum atomic E-state index is 12.3. The molecule has 132 valence electrons. The zero-order chi connectivity index (χ0) is 18.5. The van der Waals surface area contributed by atoms with E-state index in [0.29, 0.717) is 22.3 Å². The van der Waals surface area contributed by atoms with E-state index in [1.54, 1.807) is 24.3 Å². The van der Waals surface area contributed by atoms with Crippen molar-refractivity contribution in [1.82, 2.24) is 9.36 Å². The number of amides is 1. The second-order valence-electron chi connectivity index (χ2n) is 5.79. The number of carbonyl (C=O) groups excluding carboxylic acids is 2. The summed E-state index contributed by atoms with van der Waals surface area (Å²) in [7, 11) is 0. The van der Waals surface area contributed by atoms with Crippen LogP contribution in [-0.2, 0) is 11.2 Å². The standard InChI is InChI=1S/C19H17N3O3S/c1-12-3-7-15(8-4-12)25-16-9-5-14(6-10-16)18(24)21-19-20-17(22-26-19)11-13(2)23/h3-10H,11H2,1-2H3,(H,20,21,22,24). The van der Waals surface area contributed by atoms with Crippen molar-refractivity contribution in [1.29, 1.82) is 0 Å². The van der Waals surface area contributed by atoms with Gasteiger partial charge in [0.25, 0.3) is 5.91 Å². The summed E-state index contributed by atoms with van der Waals surface area (Å²) >= 11 is 1.05. The summed E-state index contributed by atoms with van der Waals surface area (Å²) in [6.45, 7) is 3.48. The molecule has 0 radical (unpaired) electrons. The first-order chi connectivity index (χ1) is 12.5. The van der Waals surface area contributed by atoms with E-state index in [9.17, 15) is 9.59 Å². The number of ketones is 1. The zero-order valence-corrected chi connectivity index (χ0v) is 15.2. The van der Waals surface area contributed by atoms with E-state index < -0.39 is 0 Å².